The minimum absolute atomic E-state index is 0.694. The topological polar surface area (TPSA) is 43.6 Å². The zero-order chi connectivity index (χ0) is 10.7. The molecule has 4 nitrogen and oxygen atoms in total. The van der Waals surface area contributed by atoms with Gasteiger partial charge in [-0.1, -0.05) is 6.92 Å². The van der Waals surface area contributed by atoms with Crippen molar-refractivity contribution in [3.05, 3.63) is 30.2 Å². The minimum atomic E-state index is 0.694. The van der Waals surface area contributed by atoms with E-state index in [1.165, 1.54) is 0 Å². The van der Waals surface area contributed by atoms with Gasteiger partial charge in [-0.15, -0.1) is 0 Å². The Hall–Kier alpha value is -1.71. The second kappa shape index (κ2) is 4.21. The van der Waals surface area contributed by atoms with Crippen LogP contribution in [0.1, 0.15) is 19.4 Å². The zero-order valence-electron chi connectivity index (χ0n) is 9.01. The predicted octanol–water partition coefficient (Wildman–Crippen LogP) is 1.92. The van der Waals surface area contributed by atoms with Crippen molar-refractivity contribution in [2.45, 2.75) is 26.8 Å². The average Bonchev–Trinajstić information content (AvgIpc) is 2.78. The van der Waals surface area contributed by atoms with Crippen LogP contribution in [-0.4, -0.2) is 19.7 Å². The largest absolute Gasteiger partial charge is 0.272 e. The van der Waals surface area contributed by atoms with Crippen molar-refractivity contribution in [1.29, 1.82) is 0 Å². The maximum atomic E-state index is 4.35. The monoisotopic (exact) mass is 202 g/mol. The third kappa shape index (κ3) is 2.03. The van der Waals surface area contributed by atoms with E-state index in [0.29, 0.717) is 5.82 Å². The Bertz CT molecular complexity index is 430. The van der Waals surface area contributed by atoms with Gasteiger partial charge in [-0.3, -0.25) is 4.68 Å². The average molecular weight is 202 g/mol. The molecule has 0 amide bonds. The molecule has 2 aromatic heterocycles. The number of nitrogens with zero attached hydrogens (tertiary/aromatic N) is 4. The smallest absolute Gasteiger partial charge is 0.180 e. The number of hydrogen-bond acceptors (Lipinski definition) is 3. The fourth-order valence-electron chi connectivity index (χ4n) is 1.33. The first kappa shape index (κ1) is 9.83. The van der Waals surface area contributed by atoms with Crippen LogP contribution in [0.4, 0.5) is 0 Å². The van der Waals surface area contributed by atoms with Crippen LogP contribution < -0.4 is 0 Å². The molecule has 0 unspecified atom stereocenters. The van der Waals surface area contributed by atoms with Crippen LogP contribution in [0.2, 0.25) is 0 Å². The molecule has 0 saturated heterocycles. The lowest BCUT2D eigenvalue weighted by Gasteiger charge is -1.97. The Labute approximate surface area is 89.0 Å². The molecule has 4 heteroatoms. The highest BCUT2D eigenvalue weighted by Gasteiger charge is 2.04. The second-order valence-electron chi connectivity index (χ2n) is 3.33. The highest BCUT2D eigenvalue weighted by Crippen LogP contribution is 2.11. The lowest BCUT2D eigenvalue weighted by Crippen LogP contribution is -1.96. The van der Waals surface area contributed by atoms with Gasteiger partial charge in [-0.25, -0.2) is 9.97 Å². The van der Waals surface area contributed by atoms with E-state index in [4.69, 9.17) is 0 Å². The summed E-state index contributed by atoms with van der Waals surface area (Å²) >= 11 is 0. The zero-order valence-corrected chi connectivity index (χ0v) is 9.01. The van der Waals surface area contributed by atoms with E-state index in [-0.39, 0.29) is 0 Å². The molecule has 0 aliphatic heterocycles. The number of hydrogen-bond donors (Lipinski definition) is 0. The molecule has 2 aromatic rings. The molecule has 2 rings (SSSR count). The molecule has 15 heavy (non-hydrogen) atoms. The first-order valence-electron chi connectivity index (χ1n) is 5.18. The summed E-state index contributed by atoms with van der Waals surface area (Å²) in [6.07, 6.45) is 6.61. The van der Waals surface area contributed by atoms with Crippen molar-refractivity contribution in [2.24, 2.45) is 0 Å². The molecule has 0 bridgehead atoms. The third-order valence-corrected chi connectivity index (χ3v) is 2.31. The van der Waals surface area contributed by atoms with Gasteiger partial charge in [0, 0.05) is 25.1 Å². The Morgan fingerprint density at radius 1 is 1.20 bits per heavy atom. The predicted molar refractivity (Wildman–Crippen MR) is 58.3 cm³/mol. The van der Waals surface area contributed by atoms with Crippen LogP contribution in [-0.2, 0) is 13.0 Å². The summed E-state index contributed by atoms with van der Waals surface area (Å²) in [5.74, 6) is 0.694. The van der Waals surface area contributed by atoms with Crippen molar-refractivity contribution in [3.63, 3.8) is 0 Å². The van der Waals surface area contributed by atoms with Crippen molar-refractivity contribution in [3.8, 4) is 11.5 Å². The SMILES string of the molecule is CCc1cnc(-c2ccn(CC)n2)nc1. The first-order chi connectivity index (χ1) is 7.33. The molecule has 0 saturated carbocycles. The summed E-state index contributed by atoms with van der Waals surface area (Å²) in [6.45, 7) is 5.01. The van der Waals surface area contributed by atoms with Gasteiger partial charge in [0.15, 0.2) is 5.82 Å². The summed E-state index contributed by atoms with van der Waals surface area (Å²) in [6, 6.07) is 1.93. The summed E-state index contributed by atoms with van der Waals surface area (Å²) in [4.78, 5) is 8.56. The maximum absolute atomic E-state index is 4.35. The van der Waals surface area contributed by atoms with Gasteiger partial charge in [0.05, 0.1) is 0 Å². The molecule has 0 fully saturated rings. The van der Waals surface area contributed by atoms with Gasteiger partial charge in [-0.2, -0.15) is 5.10 Å². The minimum Gasteiger partial charge on any atom is -0.272 e. The number of aryl methyl sites for hydroxylation is 2. The molecular formula is C11H14N4. The molecule has 78 valence electrons. The van der Waals surface area contributed by atoms with Crippen molar-refractivity contribution >= 4 is 0 Å². The van der Waals surface area contributed by atoms with Gasteiger partial charge in [0.2, 0.25) is 0 Å². The standard InChI is InChI=1S/C11H14N4/c1-3-9-7-12-11(13-8-9)10-5-6-15(4-2)14-10/h5-8H,3-4H2,1-2H3. The second-order valence-corrected chi connectivity index (χ2v) is 3.33. The van der Waals surface area contributed by atoms with E-state index >= 15 is 0 Å². The summed E-state index contributed by atoms with van der Waals surface area (Å²) in [7, 11) is 0. The molecule has 0 radical (unpaired) electrons. The quantitative estimate of drug-likeness (QED) is 0.763. The summed E-state index contributed by atoms with van der Waals surface area (Å²) in [5.41, 5.74) is 1.98. The summed E-state index contributed by atoms with van der Waals surface area (Å²) < 4.78 is 1.87. The van der Waals surface area contributed by atoms with Gasteiger partial charge in [-0.05, 0) is 25.0 Å². The highest BCUT2D eigenvalue weighted by molar-refractivity contribution is 5.47. The van der Waals surface area contributed by atoms with Crippen LogP contribution in [0, 0.1) is 0 Å². The van der Waals surface area contributed by atoms with Gasteiger partial charge in [0.1, 0.15) is 5.69 Å². The van der Waals surface area contributed by atoms with E-state index in [1.807, 2.05) is 29.3 Å². The Morgan fingerprint density at radius 2 is 1.93 bits per heavy atom. The number of aromatic nitrogens is 4. The molecule has 0 atom stereocenters. The van der Waals surface area contributed by atoms with Crippen molar-refractivity contribution < 1.29 is 0 Å². The molecular weight excluding hydrogens is 188 g/mol. The van der Waals surface area contributed by atoms with Crippen LogP contribution in [0.3, 0.4) is 0 Å². The van der Waals surface area contributed by atoms with E-state index in [1.54, 1.807) is 0 Å². The fourth-order valence-corrected chi connectivity index (χ4v) is 1.33. The van der Waals surface area contributed by atoms with Crippen LogP contribution >= 0.6 is 0 Å². The lowest BCUT2D eigenvalue weighted by atomic mass is 10.3. The van der Waals surface area contributed by atoms with E-state index in [0.717, 1.165) is 24.2 Å². The van der Waals surface area contributed by atoms with Gasteiger partial charge >= 0.3 is 0 Å². The maximum Gasteiger partial charge on any atom is 0.180 e. The fraction of sp³-hybridized carbons (Fsp3) is 0.364. The van der Waals surface area contributed by atoms with E-state index in [2.05, 4.69) is 28.9 Å². The molecule has 2 heterocycles. The van der Waals surface area contributed by atoms with Crippen LogP contribution in [0.5, 0.6) is 0 Å². The highest BCUT2D eigenvalue weighted by atomic mass is 15.3. The normalized spacial score (nSPS) is 10.5. The molecule has 0 aliphatic rings. The van der Waals surface area contributed by atoms with Gasteiger partial charge in [0.25, 0.3) is 0 Å². The Balaban J connectivity index is 2.28. The Morgan fingerprint density at radius 3 is 2.47 bits per heavy atom. The number of rotatable bonds is 3. The van der Waals surface area contributed by atoms with E-state index < -0.39 is 0 Å². The summed E-state index contributed by atoms with van der Waals surface area (Å²) in [5, 5.41) is 4.35. The third-order valence-electron chi connectivity index (χ3n) is 2.31. The van der Waals surface area contributed by atoms with Crippen LogP contribution in [0.25, 0.3) is 11.5 Å². The van der Waals surface area contributed by atoms with Gasteiger partial charge < -0.3 is 0 Å². The first-order valence-corrected chi connectivity index (χ1v) is 5.18. The lowest BCUT2D eigenvalue weighted by molar-refractivity contribution is 0.661. The Kier molecular flexibility index (Phi) is 2.76. The van der Waals surface area contributed by atoms with Crippen molar-refractivity contribution in [1.82, 2.24) is 19.7 Å². The van der Waals surface area contributed by atoms with Crippen molar-refractivity contribution in [2.75, 3.05) is 0 Å². The molecule has 0 aromatic carbocycles. The molecule has 0 spiro atoms. The molecule has 0 aliphatic carbocycles. The van der Waals surface area contributed by atoms with Crippen LogP contribution in [0.15, 0.2) is 24.7 Å². The van der Waals surface area contributed by atoms with E-state index in [9.17, 15) is 0 Å². The molecule has 0 N–H and O–H groups in total.